The second-order valence-electron chi connectivity index (χ2n) is 6.16. The topological polar surface area (TPSA) is 62.3 Å². The number of hydrogen-bond donors (Lipinski definition) is 1. The summed E-state index contributed by atoms with van der Waals surface area (Å²) >= 11 is 0. The molecule has 0 aliphatic carbocycles. The number of nitrogens with one attached hydrogen (secondary N) is 1. The van der Waals surface area contributed by atoms with E-state index in [1.807, 2.05) is 25.4 Å². The van der Waals surface area contributed by atoms with Gasteiger partial charge in [-0.3, -0.25) is 9.88 Å². The van der Waals surface area contributed by atoms with E-state index in [1.54, 1.807) is 6.20 Å². The number of hydrogen-bond acceptors (Lipinski definition) is 5. The first kappa shape index (κ1) is 17.1. The Labute approximate surface area is 143 Å². The first-order valence-corrected chi connectivity index (χ1v) is 10.00. The average Bonchev–Trinajstić information content (AvgIpc) is 2.62. The summed E-state index contributed by atoms with van der Waals surface area (Å²) in [5.41, 5.74) is 3.45. The van der Waals surface area contributed by atoms with Gasteiger partial charge < -0.3 is 5.32 Å². The summed E-state index contributed by atoms with van der Waals surface area (Å²) < 4.78 is 23.1. The van der Waals surface area contributed by atoms with Gasteiger partial charge in [0.05, 0.1) is 11.5 Å². The molecule has 1 aliphatic rings. The molecule has 1 N–H and O–H groups in total. The van der Waals surface area contributed by atoms with Gasteiger partial charge in [-0.15, -0.1) is 0 Å². The first-order valence-electron chi connectivity index (χ1n) is 8.18. The van der Waals surface area contributed by atoms with E-state index in [1.165, 1.54) is 5.56 Å². The number of likely N-dealkylation sites (N-methyl/N-ethyl adjacent to an activating group) is 1. The smallest absolute Gasteiger partial charge is 0.152 e. The number of nitrogens with zero attached hydrogens (tertiary/aromatic N) is 2. The van der Waals surface area contributed by atoms with Crippen LogP contribution in [0, 0.1) is 0 Å². The molecular weight excluding hydrogens is 322 g/mol. The largest absolute Gasteiger partial charge is 0.312 e. The zero-order chi connectivity index (χ0) is 17.0. The van der Waals surface area contributed by atoms with Crippen molar-refractivity contribution in [1.82, 2.24) is 15.2 Å². The van der Waals surface area contributed by atoms with Crippen molar-refractivity contribution in [1.29, 1.82) is 0 Å². The maximum absolute atomic E-state index is 11.5. The van der Waals surface area contributed by atoms with Crippen molar-refractivity contribution in [3.8, 4) is 11.1 Å². The van der Waals surface area contributed by atoms with Gasteiger partial charge in [0.1, 0.15) is 0 Å². The molecule has 1 unspecified atom stereocenters. The fourth-order valence-corrected chi connectivity index (χ4v) is 4.27. The summed E-state index contributed by atoms with van der Waals surface area (Å²) in [5, 5.41) is 3.34. The molecule has 0 amide bonds. The van der Waals surface area contributed by atoms with Gasteiger partial charge in [0.15, 0.2) is 9.84 Å². The van der Waals surface area contributed by atoms with Crippen LogP contribution in [0.1, 0.15) is 11.6 Å². The molecule has 24 heavy (non-hydrogen) atoms. The number of rotatable bonds is 5. The molecule has 1 aromatic carbocycles. The standard InChI is InChI=1S/C18H23N3O2S/c1-19-18(14-21-9-11-24(22,23)12-10-21)16-6-4-15(5-7-16)17-3-2-8-20-13-17/h2-8,13,18-19H,9-12,14H2,1H3. The van der Waals surface area contributed by atoms with Crippen molar-refractivity contribution in [2.75, 3.05) is 38.2 Å². The van der Waals surface area contributed by atoms with Gasteiger partial charge in [0, 0.05) is 38.1 Å². The quantitative estimate of drug-likeness (QED) is 0.894. The molecule has 3 rings (SSSR count). The third kappa shape index (κ3) is 4.20. The lowest BCUT2D eigenvalue weighted by Gasteiger charge is -2.30. The molecule has 2 heterocycles. The van der Waals surface area contributed by atoms with E-state index in [-0.39, 0.29) is 17.5 Å². The monoisotopic (exact) mass is 345 g/mol. The SMILES string of the molecule is CNC(CN1CCS(=O)(=O)CC1)c1ccc(-c2cccnc2)cc1. The van der Waals surface area contributed by atoms with Crippen LogP contribution in [-0.4, -0.2) is 56.5 Å². The van der Waals surface area contributed by atoms with Gasteiger partial charge in [-0.05, 0) is 29.8 Å². The lowest BCUT2D eigenvalue weighted by atomic mass is 10.0. The Morgan fingerprint density at radius 3 is 2.42 bits per heavy atom. The van der Waals surface area contributed by atoms with Crippen molar-refractivity contribution < 1.29 is 8.42 Å². The maximum atomic E-state index is 11.5. The van der Waals surface area contributed by atoms with Crippen LogP contribution in [0.2, 0.25) is 0 Å². The second-order valence-corrected chi connectivity index (χ2v) is 8.46. The summed E-state index contributed by atoms with van der Waals surface area (Å²) in [7, 11) is -0.882. The molecule has 1 aliphatic heterocycles. The van der Waals surface area contributed by atoms with Gasteiger partial charge in [-0.25, -0.2) is 8.42 Å². The van der Waals surface area contributed by atoms with Gasteiger partial charge in [0.2, 0.25) is 0 Å². The molecule has 1 aromatic heterocycles. The van der Waals surface area contributed by atoms with Crippen LogP contribution in [0.5, 0.6) is 0 Å². The number of pyridine rings is 1. The van der Waals surface area contributed by atoms with E-state index in [0.717, 1.165) is 17.7 Å². The van der Waals surface area contributed by atoms with E-state index in [4.69, 9.17) is 0 Å². The molecule has 0 spiro atoms. The molecule has 6 heteroatoms. The Kier molecular flexibility index (Phi) is 5.28. The van der Waals surface area contributed by atoms with Crippen molar-refractivity contribution >= 4 is 9.84 Å². The Morgan fingerprint density at radius 1 is 1.12 bits per heavy atom. The molecule has 1 saturated heterocycles. The number of benzene rings is 1. The number of aromatic nitrogens is 1. The average molecular weight is 345 g/mol. The zero-order valence-electron chi connectivity index (χ0n) is 13.9. The fourth-order valence-electron chi connectivity index (χ4n) is 3.00. The molecule has 2 aromatic rings. The van der Waals surface area contributed by atoms with Crippen LogP contribution in [0.15, 0.2) is 48.8 Å². The second kappa shape index (κ2) is 7.42. The highest BCUT2D eigenvalue weighted by Gasteiger charge is 2.23. The van der Waals surface area contributed by atoms with E-state index >= 15 is 0 Å². The van der Waals surface area contributed by atoms with Crippen LogP contribution in [0.4, 0.5) is 0 Å². The lowest BCUT2D eigenvalue weighted by Crippen LogP contribution is -2.43. The molecule has 1 fully saturated rings. The van der Waals surface area contributed by atoms with E-state index in [2.05, 4.69) is 39.5 Å². The van der Waals surface area contributed by atoms with Crippen LogP contribution >= 0.6 is 0 Å². The summed E-state index contributed by atoms with van der Waals surface area (Å²) in [6.07, 6.45) is 3.63. The summed E-state index contributed by atoms with van der Waals surface area (Å²) in [6.45, 7) is 2.06. The van der Waals surface area contributed by atoms with Gasteiger partial charge >= 0.3 is 0 Å². The van der Waals surface area contributed by atoms with Crippen LogP contribution in [0.25, 0.3) is 11.1 Å². The minimum atomic E-state index is -2.83. The minimum absolute atomic E-state index is 0.189. The minimum Gasteiger partial charge on any atom is -0.312 e. The molecule has 5 nitrogen and oxygen atoms in total. The van der Waals surface area contributed by atoms with Crippen LogP contribution in [-0.2, 0) is 9.84 Å². The van der Waals surface area contributed by atoms with Crippen LogP contribution in [0.3, 0.4) is 0 Å². The zero-order valence-corrected chi connectivity index (χ0v) is 14.7. The Balaban J connectivity index is 1.68. The van der Waals surface area contributed by atoms with Crippen molar-refractivity contribution in [2.45, 2.75) is 6.04 Å². The van der Waals surface area contributed by atoms with E-state index in [9.17, 15) is 8.42 Å². The van der Waals surface area contributed by atoms with E-state index in [0.29, 0.717) is 13.1 Å². The highest BCUT2D eigenvalue weighted by atomic mass is 32.2. The summed E-state index contributed by atoms with van der Waals surface area (Å²) in [4.78, 5) is 6.38. The molecule has 0 saturated carbocycles. The van der Waals surface area contributed by atoms with Gasteiger partial charge in [-0.2, -0.15) is 0 Å². The molecule has 128 valence electrons. The first-order chi connectivity index (χ1) is 11.6. The van der Waals surface area contributed by atoms with Gasteiger partial charge in [0.25, 0.3) is 0 Å². The normalized spacial score (nSPS) is 19.0. The lowest BCUT2D eigenvalue weighted by molar-refractivity contribution is 0.265. The van der Waals surface area contributed by atoms with E-state index < -0.39 is 9.84 Å². The Morgan fingerprint density at radius 2 is 1.83 bits per heavy atom. The molecular formula is C18H23N3O2S. The summed E-state index contributed by atoms with van der Waals surface area (Å²) in [5.74, 6) is 0.534. The number of sulfone groups is 1. The molecule has 0 radical (unpaired) electrons. The molecule has 1 atom stereocenters. The van der Waals surface area contributed by atoms with Crippen molar-refractivity contribution in [2.24, 2.45) is 0 Å². The Bertz CT molecular complexity index is 747. The third-order valence-electron chi connectivity index (χ3n) is 4.53. The Hall–Kier alpha value is -1.76. The maximum Gasteiger partial charge on any atom is 0.152 e. The third-order valence-corrected chi connectivity index (χ3v) is 6.14. The summed E-state index contributed by atoms with van der Waals surface area (Å²) in [6, 6.07) is 12.6. The predicted molar refractivity (Wildman–Crippen MR) is 96.6 cm³/mol. The van der Waals surface area contributed by atoms with Crippen molar-refractivity contribution in [3.05, 3.63) is 54.4 Å². The highest BCUT2D eigenvalue weighted by Crippen LogP contribution is 2.22. The highest BCUT2D eigenvalue weighted by molar-refractivity contribution is 7.91. The van der Waals surface area contributed by atoms with Gasteiger partial charge in [-0.1, -0.05) is 30.3 Å². The predicted octanol–water partition coefficient (Wildman–Crippen LogP) is 1.74. The fraction of sp³-hybridized carbons (Fsp3) is 0.389. The van der Waals surface area contributed by atoms with Crippen molar-refractivity contribution in [3.63, 3.8) is 0 Å². The molecule has 0 bridgehead atoms. The van der Waals surface area contributed by atoms with Crippen LogP contribution < -0.4 is 5.32 Å².